The van der Waals surface area contributed by atoms with Crippen LogP contribution in [-0.2, 0) is 16.4 Å². The molecule has 2 heterocycles. The summed E-state index contributed by atoms with van der Waals surface area (Å²) in [6.07, 6.45) is 3.26. The number of ether oxygens (including phenoxy) is 1. The summed E-state index contributed by atoms with van der Waals surface area (Å²) in [5, 5.41) is 0.528. The number of fused-ring (bicyclic) bond motifs is 1. The van der Waals surface area contributed by atoms with Crippen molar-refractivity contribution < 1.29 is 17.9 Å². The second-order valence-electron chi connectivity index (χ2n) is 8.68. The van der Waals surface area contributed by atoms with Crippen LogP contribution in [0.1, 0.15) is 47.2 Å². The minimum atomic E-state index is -3.86. The molecule has 0 saturated heterocycles. The fourth-order valence-corrected chi connectivity index (χ4v) is 6.34. The molecule has 0 amide bonds. The third-order valence-electron chi connectivity index (χ3n) is 5.99. The number of Topliss-reactive ketones (excluding diaryl/α,β-unsaturated/α-hetero) is 1. The molecule has 2 aromatic carbocycles. The summed E-state index contributed by atoms with van der Waals surface area (Å²) in [4.78, 5) is 17.5. The summed E-state index contributed by atoms with van der Waals surface area (Å²) < 4.78 is 34.5. The van der Waals surface area contributed by atoms with Crippen molar-refractivity contribution in [1.82, 2.24) is 4.98 Å². The van der Waals surface area contributed by atoms with Crippen LogP contribution >= 0.6 is 23.2 Å². The Morgan fingerprint density at radius 1 is 1.12 bits per heavy atom. The van der Waals surface area contributed by atoms with Gasteiger partial charge in [-0.15, -0.1) is 0 Å². The van der Waals surface area contributed by atoms with E-state index in [-0.39, 0.29) is 51.2 Å². The monoisotopic (exact) mass is 516 g/mol. The van der Waals surface area contributed by atoms with E-state index >= 15 is 0 Å². The second-order valence-corrected chi connectivity index (χ2v) is 11.4. The normalized spacial score (nSPS) is 17.7. The van der Waals surface area contributed by atoms with E-state index in [0.717, 1.165) is 18.4 Å². The summed E-state index contributed by atoms with van der Waals surface area (Å²) >= 11 is 12.4. The van der Waals surface area contributed by atoms with Gasteiger partial charge in [0.15, 0.2) is 5.78 Å². The molecule has 9 heteroatoms. The van der Waals surface area contributed by atoms with E-state index < -0.39 is 10.0 Å². The summed E-state index contributed by atoms with van der Waals surface area (Å²) in [5.41, 5.74) is 2.11. The maximum absolute atomic E-state index is 13.7. The van der Waals surface area contributed by atoms with Crippen LogP contribution in [0.2, 0.25) is 10.0 Å². The smallest absolute Gasteiger partial charge is 0.264 e. The molecule has 176 valence electrons. The van der Waals surface area contributed by atoms with Crippen LogP contribution in [0.25, 0.3) is 0 Å². The van der Waals surface area contributed by atoms with Crippen molar-refractivity contribution in [2.45, 2.75) is 43.1 Å². The first-order valence-electron chi connectivity index (χ1n) is 11.0. The topological polar surface area (TPSA) is 76.6 Å². The van der Waals surface area contributed by atoms with E-state index in [2.05, 4.69) is 4.98 Å². The number of carbonyl (C=O) groups is 1. The van der Waals surface area contributed by atoms with Gasteiger partial charge in [0.2, 0.25) is 5.88 Å². The number of pyridine rings is 1. The van der Waals surface area contributed by atoms with Crippen LogP contribution in [0.15, 0.2) is 59.6 Å². The molecular formula is C25H22Cl2N2O4S. The first kappa shape index (κ1) is 23.1. The van der Waals surface area contributed by atoms with Gasteiger partial charge in [0.05, 0.1) is 27.0 Å². The van der Waals surface area contributed by atoms with Crippen molar-refractivity contribution in [3.8, 4) is 5.88 Å². The number of halogens is 2. The molecule has 0 bridgehead atoms. The van der Waals surface area contributed by atoms with Gasteiger partial charge in [-0.3, -0.25) is 9.10 Å². The lowest BCUT2D eigenvalue weighted by Gasteiger charge is -2.33. The molecule has 0 spiro atoms. The summed E-state index contributed by atoms with van der Waals surface area (Å²) in [7, 11) is -3.86. The highest BCUT2D eigenvalue weighted by molar-refractivity contribution is 7.92. The summed E-state index contributed by atoms with van der Waals surface area (Å²) in [5.74, 6) is 0.364. The second kappa shape index (κ2) is 8.87. The molecule has 0 radical (unpaired) electrons. The molecule has 0 N–H and O–H groups in total. The Balaban J connectivity index is 1.50. The first-order valence-corrected chi connectivity index (χ1v) is 13.2. The van der Waals surface area contributed by atoms with Crippen LogP contribution in [0.3, 0.4) is 0 Å². The summed E-state index contributed by atoms with van der Waals surface area (Å²) in [6, 6.07) is 13.6. The van der Waals surface area contributed by atoms with E-state index in [0.29, 0.717) is 17.2 Å². The van der Waals surface area contributed by atoms with Gasteiger partial charge in [0.1, 0.15) is 11.8 Å². The van der Waals surface area contributed by atoms with Gasteiger partial charge in [0.25, 0.3) is 10.0 Å². The van der Waals surface area contributed by atoms with Crippen molar-refractivity contribution in [2.75, 3.05) is 10.8 Å². The van der Waals surface area contributed by atoms with Crippen LogP contribution in [0.4, 0.5) is 5.69 Å². The molecule has 2 aliphatic rings. The van der Waals surface area contributed by atoms with E-state index in [9.17, 15) is 13.2 Å². The lowest BCUT2D eigenvalue weighted by atomic mass is 10.0. The van der Waals surface area contributed by atoms with E-state index in [4.69, 9.17) is 27.9 Å². The summed E-state index contributed by atoms with van der Waals surface area (Å²) in [6.45, 7) is 1.93. The van der Waals surface area contributed by atoms with Gasteiger partial charge < -0.3 is 4.74 Å². The fraction of sp³-hybridized carbons (Fsp3) is 0.280. The Hall–Kier alpha value is -2.61. The van der Waals surface area contributed by atoms with Crippen molar-refractivity contribution in [1.29, 1.82) is 0 Å². The number of benzene rings is 2. The average molecular weight is 517 g/mol. The maximum atomic E-state index is 13.7. The highest BCUT2D eigenvalue weighted by Crippen LogP contribution is 2.42. The molecule has 5 rings (SSSR count). The standard InChI is InChI=1S/C25H22Cl2N2O4S/c1-15-14-29(34(31,32)19-5-2-4-18(12-19)17-8-9-17)22-10-16(13-28-25(22)33-15)11-23(30)24-20(26)6-3-7-21(24)27/h2-7,10,12-13,15,17H,8-9,11,14H2,1H3/t15-/m0/s1. The Bertz CT molecular complexity index is 1370. The first-order chi connectivity index (χ1) is 16.2. The van der Waals surface area contributed by atoms with E-state index in [1.165, 1.54) is 10.5 Å². The maximum Gasteiger partial charge on any atom is 0.264 e. The van der Waals surface area contributed by atoms with Gasteiger partial charge in [-0.05, 0) is 67.1 Å². The molecule has 1 atom stereocenters. The zero-order valence-electron chi connectivity index (χ0n) is 18.4. The number of ketones is 1. The van der Waals surface area contributed by atoms with E-state index in [1.54, 1.807) is 49.4 Å². The molecular weight excluding hydrogens is 495 g/mol. The van der Waals surface area contributed by atoms with Crippen LogP contribution < -0.4 is 9.04 Å². The number of hydrogen-bond acceptors (Lipinski definition) is 5. The Morgan fingerprint density at radius 2 is 1.82 bits per heavy atom. The SMILES string of the molecule is C[C@H]1CN(S(=O)(=O)c2cccc(C3CC3)c2)c2cc(CC(=O)c3c(Cl)cccc3Cl)cnc2O1. The van der Waals surface area contributed by atoms with Crippen LogP contribution in [-0.4, -0.2) is 31.8 Å². The largest absolute Gasteiger partial charge is 0.471 e. The number of nitrogens with zero attached hydrogens (tertiary/aromatic N) is 2. The fourth-order valence-electron chi connectivity index (χ4n) is 4.15. The predicted octanol–water partition coefficient (Wildman–Crippen LogP) is 5.67. The molecule has 6 nitrogen and oxygen atoms in total. The van der Waals surface area contributed by atoms with Crippen molar-refractivity contribution in [2.24, 2.45) is 0 Å². The third kappa shape index (κ3) is 4.40. The van der Waals surface area contributed by atoms with Crippen molar-refractivity contribution in [3.63, 3.8) is 0 Å². The molecule has 0 unspecified atom stereocenters. The van der Waals surface area contributed by atoms with Gasteiger partial charge in [0, 0.05) is 12.6 Å². The minimum absolute atomic E-state index is 0.0374. The zero-order chi connectivity index (χ0) is 24.0. The van der Waals surface area contributed by atoms with Crippen LogP contribution in [0.5, 0.6) is 5.88 Å². The number of rotatable bonds is 6. The van der Waals surface area contributed by atoms with Crippen molar-refractivity contribution in [3.05, 3.63) is 81.5 Å². The van der Waals surface area contributed by atoms with E-state index in [1.807, 2.05) is 6.07 Å². The minimum Gasteiger partial charge on any atom is -0.471 e. The number of sulfonamides is 1. The lowest BCUT2D eigenvalue weighted by Crippen LogP contribution is -2.42. The molecule has 1 fully saturated rings. The molecule has 1 saturated carbocycles. The quantitative estimate of drug-likeness (QED) is 0.394. The van der Waals surface area contributed by atoms with Crippen molar-refractivity contribution >= 4 is 44.7 Å². The predicted molar refractivity (Wildman–Crippen MR) is 132 cm³/mol. The number of anilines is 1. The van der Waals surface area contributed by atoms with Gasteiger partial charge in [-0.25, -0.2) is 13.4 Å². The molecule has 1 aliphatic heterocycles. The van der Waals surface area contributed by atoms with Gasteiger partial charge in [-0.2, -0.15) is 0 Å². The highest BCUT2D eigenvalue weighted by Gasteiger charge is 2.35. The molecule has 1 aliphatic carbocycles. The Labute approximate surface area is 208 Å². The average Bonchev–Trinajstić information content (AvgIpc) is 3.64. The lowest BCUT2D eigenvalue weighted by molar-refractivity contribution is 0.0993. The number of hydrogen-bond donors (Lipinski definition) is 0. The van der Waals surface area contributed by atoms with Gasteiger partial charge >= 0.3 is 0 Å². The molecule has 1 aromatic heterocycles. The molecule has 3 aromatic rings. The number of aromatic nitrogens is 1. The Kier molecular flexibility index (Phi) is 6.04. The third-order valence-corrected chi connectivity index (χ3v) is 8.40. The van der Waals surface area contributed by atoms with Gasteiger partial charge in [-0.1, -0.05) is 41.4 Å². The number of carbonyl (C=O) groups excluding carboxylic acids is 1. The highest BCUT2D eigenvalue weighted by atomic mass is 35.5. The Morgan fingerprint density at radius 3 is 2.53 bits per heavy atom. The van der Waals surface area contributed by atoms with Crippen LogP contribution in [0, 0.1) is 0 Å². The molecule has 34 heavy (non-hydrogen) atoms. The zero-order valence-corrected chi connectivity index (χ0v) is 20.7.